The van der Waals surface area contributed by atoms with Crippen LogP contribution in [0.2, 0.25) is 0 Å². The van der Waals surface area contributed by atoms with Gasteiger partial charge in [-0.25, -0.2) is 0 Å². The Hall–Kier alpha value is -1.37. The fraction of sp³-hybridized carbons (Fsp3) is 0.526. The largest absolute Gasteiger partial charge is 0.295 e. The molecule has 0 saturated carbocycles. The SMILES string of the molecule is CCCCC(=O)/C(C)=C(\C)c1cc(CC)ccc1CC. The lowest BCUT2D eigenvalue weighted by Crippen LogP contribution is -2.03. The number of benzene rings is 1. The summed E-state index contributed by atoms with van der Waals surface area (Å²) in [5, 5.41) is 0. The van der Waals surface area contributed by atoms with E-state index in [2.05, 4.69) is 45.9 Å². The molecule has 0 aliphatic heterocycles. The maximum absolute atomic E-state index is 12.2. The average Bonchev–Trinajstić information content (AvgIpc) is 2.50. The zero-order chi connectivity index (χ0) is 15.1. The molecule has 0 spiro atoms. The van der Waals surface area contributed by atoms with E-state index in [1.54, 1.807) is 0 Å². The molecule has 0 heterocycles. The van der Waals surface area contributed by atoms with Crippen molar-refractivity contribution in [2.45, 2.75) is 66.7 Å². The first-order valence-corrected chi connectivity index (χ1v) is 7.87. The van der Waals surface area contributed by atoms with Gasteiger partial charge in [-0.15, -0.1) is 0 Å². The minimum Gasteiger partial charge on any atom is -0.295 e. The minimum atomic E-state index is 0.299. The van der Waals surface area contributed by atoms with E-state index in [4.69, 9.17) is 0 Å². The normalized spacial score (nSPS) is 12.2. The van der Waals surface area contributed by atoms with Gasteiger partial charge in [-0.3, -0.25) is 4.79 Å². The van der Waals surface area contributed by atoms with Gasteiger partial charge in [0.2, 0.25) is 0 Å². The maximum Gasteiger partial charge on any atom is 0.158 e. The van der Waals surface area contributed by atoms with E-state index in [0.29, 0.717) is 12.2 Å². The van der Waals surface area contributed by atoms with Gasteiger partial charge < -0.3 is 0 Å². The summed E-state index contributed by atoms with van der Waals surface area (Å²) in [6, 6.07) is 6.66. The van der Waals surface area contributed by atoms with Crippen molar-refractivity contribution in [1.29, 1.82) is 0 Å². The summed E-state index contributed by atoms with van der Waals surface area (Å²) in [6.07, 6.45) is 4.78. The molecule has 0 fully saturated rings. The number of hydrogen-bond acceptors (Lipinski definition) is 1. The van der Waals surface area contributed by atoms with E-state index in [0.717, 1.165) is 36.8 Å². The van der Waals surface area contributed by atoms with Crippen LogP contribution in [0.15, 0.2) is 23.8 Å². The van der Waals surface area contributed by atoms with Crippen LogP contribution in [0.1, 0.15) is 70.6 Å². The smallest absolute Gasteiger partial charge is 0.158 e. The van der Waals surface area contributed by atoms with Crippen LogP contribution in [0, 0.1) is 0 Å². The Balaban J connectivity index is 3.16. The number of carbonyl (C=O) groups is 1. The Labute approximate surface area is 124 Å². The minimum absolute atomic E-state index is 0.299. The van der Waals surface area contributed by atoms with Crippen molar-refractivity contribution in [1.82, 2.24) is 0 Å². The zero-order valence-corrected chi connectivity index (χ0v) is 13.7. The summed E-state index contributed by atoms with van der Waals surface area (Å²) in [5.74, 6) is 0.299. The van der Waals surface area contributed by atoms with Crippen LogP contribution in [0.4, 0.5) is 0 Å². The second-order valence-corrected chi connectivity index (χ2v) is 5.48. The highest BCUT2D eigenvalue weighted by Gasteiger charge is 2.11. The van der Waals surface area contributed by atoms with E-state index < -0.39 is 0 Å². The number of rotatable bonds is 7. The third-order valence-corrected chi connectivity index (χ3v) is 4.11. The van der Waals surface area contributed by atoms with Crippen molar-refractivity contribution in [3.05, 3.63) is 40.5 Å². The number of unbranched alkanes of at least 4 members (excludes halogenated alkanes) is 1. The monoisotopic (exact) mass is 272 g/mol. The number of ketones is 1. The molecule has 1 rings (SSSR count). The van der Waals surface area contributed by atoms with Crippen LogP contribution in [-0.2, 0) is 17.6 Å². The number of Topliss-reactive ketones (excluding diaryl/α,β-unsaturated/α-hetero) is 1. The number of carbonyl (C=O) groups excluding carboxylic acids is 1. The first kappa shape index (κ1) is 16.7. The van der Waals surface area contributed by atoms with Crippen LogP contribution in [0.25, 0.3) is 5.57 Å². The highest BCUT2D eigenvalue weighted by atomic mass is 16.1. The fourth-order valence-corrected chi connectivity index (χ4v) is 2.44. The van der Waals surface area contributed by atoms with Crippen LogP contribution < -0.4 is 0 Å². The summed E-state index contributed by atoms with van der Waals surface area (Å²) < 4.78 is 0. The molecule has 0 N–H and O–H groups in total. The van der Waals surface area contributed by atoms with E-state index in [9.17, 15) is 4.79 Å². The van der Waals surface area contributed by atoms with Gasteiger partial charge in [0.05, 0.1) is 0 Å². The number of hydrogen-bond donors (Lipinski definition) is 0. The summed E-state index contributed by atoms with van der Waals surface area (Å²) in [5.41, 5.74) is 6.02. The topological polar surface area (TPSA) is 17.1 Å². The molecule has 1 aromatic rings. The Morgan fingerprint density at radius 3 is 2.30 bits per heavy atom. The summed E-state index contributed by atoms with van der Waals surface area (Å²) in [4.78, 5) is 12.2. The Bertz CT molecular complexity index is 494. The lowest BCUT2D eigenvalue weighted by molar-refractivity contribution is -0.115. The standard InChI is InChI=1S/C19H28O/c1-6-9-10-19(20)15(5)14(4)18-13-16(7-2)11-12-17(18)8-3/h11-13H,6-10H2,1-5H3/b15-14+. The Morgan fingerprint density at radius 1 is 1.05 bits per heavy atom. The van der Waals surface area contributed by atoms with Gasteiger partial charge in [0.15, 0.2) is 5.78 Å². The molecule has 1 nitrogen and oxygen atoms in total. The molecule has 1 aromatic carbocycles. The summed E-state index contributed by atoms with van der Waals surface area (Å²) >= 11 is 0. The third-order valence-electron chi connectivity index (χ3n) is 4.11. The number of aryl methyl sites for hydroxylation is 2. The Kier molecular flexibility index (Phi) is 6.70. The first-order valence-electron chi connectivity index (χ1n) is 7.87. The quantitative estimate of drug-likeness (QED) is 0.610. The highest BCUT2D eigenvalue weighted by Crippen LogP contribution is 2.25. The van der Waals surface area contributed by atoms with Gasteiger partial charge in [-0.2, -0.15) is 0 Å². The lowest BCUT2D eigenvalue weighted by atomic mass is 9.91. The van der Waals surface area contributed by atoms with Crippen molar-refractivity contribution >= 4 is 11.4 Å². The van der Waals surface area contributed by atoms with Gasteiger partial charge >= 0.3 is 0 Å². The maximum atomic E-state index is 12.2. The molecule has 0 saturated heterocycles. The van der Waals surface area contributed by atoms with Gasteiger partial charge in [0.1, 0.15) is 0 Å². The predicted octanol–water partition coefficient (Wildman–Crippen LogP) is 5.36. The average molecular weight is 272 g/mol. The molecule has 20 heavy (non-hydrogen) atoms. The summed E-state index contributed by atoms with van der Waals surface area (Å²) in [7, 11) is 0. The van der Waals surface area contributed by atoms with E-state index in [1.165, 1.54) is 16.7 Å². The van der Waals surface area contributed by atoms with Crippen molar-refractivity contribution in [3.63, 3.8) is 0 Å². The Morgan fingerprint density at radius 2 is 1.75 bits per heavy atom. The van der Waals surface area contributed by atoms with Crippen LogP contribution in [0.3, 0.4) is 0 Å². The molecule has 0 aliphatic carbocycles. The predicted molar refractivity (Wildman–Crippen MR) is 88.0 cm³/mol. The number of allylic oxidation sites excluding steroid dienone is 2. The molecule has 110 valence electrons. The van der Waals surface area contributed by atoms with Crippen LogP contribution >= 0.6 is 0 Å². The van der Waals surface area contributed by atoms with Gasteiger partial charge in [0.25, 0.3) is 0 Å². The molecule has 0 atom stereocenters. The van der Waals surface area contributed by atoms with E-state index in [1.807, 2.05) is 6.92 Å². The lowest BCUT2D eigenvalue weighted by Gasteiger charge is -2.13. The molecular weight excluding hydrogens is 244 g/mol. The second-order valence-electron chi connectivity index (χ2n) is 5.48. The van der Waals surface area contributed by atoms with Crippen molar-refractivity contribution in [3.8, 4) is 0 Å². The molecule has 0 bridgehead atoms. The van der Waals surface area contributed by atoms with Crippen LogP contribution in [0.5, 0.6) is 0 Å². The van der Waals surface area contributed by atoms with Gasteiger partial charge in [0, 0.05) is 6.42 Å². The molecule has 0 aliphatic rings. The van der Waals surface area contributed by atoms with Crippen LogP contribution in [-0.4, -0.2) is 5.78 Å². The first-order chi connectivity index (χ1) is 9.54. The third kappa shape index (κ3) is 4.06. The second kappa shape index (κ2) is 8.04. The van der Waals surface area contributed by atoms with Crippen molar-refractivity contribution in [2.75, 3.05) is 0 Å². The molecule has 0 aromatic heterocycles. The molecule has 0 amide bonds. The zero-order valence-electron chi connectivity index (χ0n) is 13.7. The summed E-state index contributed by atoms with van der Waals surface area (Å²) in [6.45, 7) is 10.5. The molecule has 1 heteroatoms. The fourth-order valence-electron chi connectivity index (χ4n) is 2.44. The van der Waals surface area contributed by atoms with Gasteiger partial charge in [-0.1, -0.05) is 45.4 Å². The van der Waals surface area contributed by atoms with E-state index in [-0.39, 0.29) is 0 Å². The van der Waals surface area contributed by atoms with E-state index >= 15 is 0 Å². The molecular formula is C19H28O. The highest BCUT2D eigenvalue weighted by molar-refractivity contribution is 6.02. The molecule has 0 unspecified atom stereocenters. The van der Waals surface area contributed by atoms with Gasteiger partial charge in [-0.05, 0) is 60.9 Å². The van der Waals surface area contributed by atoms with Crippen molar-refractivity contribution in [2.24, 2.45) is 0 Å². The molecule has 0 radical (unpaired) electrons. The van der Waals surface area contributed by atoms with Crippen molar-refractivity contribution < 1.29 is 4.79 Å².